The number of morpholine rings is 1. The summed E-state index contributed by atoms with van der Waals surface area (Å²) in [4.78, 5) is 30.5. The van der Waals surface area contributed by atoms with Crippen LogP contribution in [0.3, 0.4) is 0 Å². The topological polar surface area (TPSA) is 68.3 Å². The highest BCUT2D eigenvalue weighted by Gasteiger charge is 2.44. The van der Waals surface area contributed by atoms with Crippen LogP contribution >= 0.6 is 0 Å². The molecule has 0 radical (unpaired) electrons. The minimum absolute atomic E-state index is 0.0587. The number of ether oxygens (including phenoxy) is 3. The van der Waals surface area contributed by atoms with E-state index in [1.807, 2.05) is 18.7 Å². The van der Waals surface area contributed by atoms with Gasteiger partial charge in [-0.15, -0.1) is 0 Å². The van der Waals surface area contributed by atoms with Gasteiger partial charge >= 0.3 is 0 Å². The Morgan fingerprint density at radius 2 is 1.52 bits per heavy atom. The fourth-order valence-corrected chi connectivity index (χ4v) is 4.22. The number of carbonyl (C=O) groups excluding carboxylic acids is 2. The van der Waals surface area contributed by atoms with E-state index in [-0.39, 0.29) is 24.0 Å². The summed E-state index contributed by atoms with van der Waals surface area (Å²) in [6.07, 6.45) is -0.117. The van der Waals surface area contributed by atoms with Crippen LogP contribution in [0.4, 0.5) is 5.69 Å². The molecule has 2 unspecified atom stereocenters. The van der Waals surface area contributed by atoms with Crippen LogP contribution in [0.1, 0.15) is 19.4 Å². The van der Waals surface area contributed by atoms with E-state index in [9.17, 15) is 9.59 Å². The van der Waals surface area contributed by atoms with Crippen molar-refractivity contribution in [1.29, 1.82) is 0 Å². The van der Waals surface area contributed by atoms with E-state index < -0.39 is 0 Å². The first-order valence-corrected chi connectivity index (χ1v) is 10.3. The predicted octanol–water partition coefficient (Wildman–Crippen LogP) is 3.10. The molecule has 0 aliphatic carbocycles. The van der Waals surface area contributed by atoms with Crippen LogP contribution in [0.15, 0.2) is 54.2 Å². The van der Waals surface area contributed by atoms with Gasteiger partial charge in [0.15, 0.2) is 0 Å². The first-order valence-electron chi connectivity index (χ1n) is 10.3. The Kier molecular flexibility index (Phi) is 5.69. The highest BCUT2D eigenvalue weighted by Crippen LogP contribution is 2.39. The molecule has 162 valence electrons. The molecule has 1 saturated heterocycles. The molecular weight excluding hydrogens is 396 g/mol. The fraction of sp³-hybridized carbons (Fsp3) is 0.333. The van der Waals surface area contributed by atoms with E-state index in [1.54, 1.807) is 55.6 Å². The van der Waals surface area contributed by atoms with Crippen molar-refractivity contribution in [3.8, 4) is 11.5 Å². The average Bonchev–Trinajstić information content (AvgIpc) is 3.03. The normalized spacial score (nSPS) is 21.7. The molecule has 2 aliphatic rings. The zero-order valence-corrected chi connectivity index (χ0v) is 18.1. The summed E-state index contributed by atoms with van der Waals surface area (Å²) in [7, 11) is 3.11. The number of methoxy groups -OCH3 is 2. The third-order valence-electron chi connectivity index (χ3n) is 5.50. The second-order valence-corrected chi connectivity index (χ2v) is 7.73. The first kappa shape index (κ1) is 20.9. The molecule has 4 rings (SSSR count). The number of hydrogen-bond acceptors (Lipinski definition) is 6. The molecule has 0 spiro atoms. The van der Waals surface area contributed by atoms with Crippen LogP contribution in [0, 0.1) is 0 Å². The van der Waals surface area contributed by atoms with Gasteiger partial charge in [0, 0.05) is 13.1 Å². The lowest BCUT2D eigenvalue weighted by Crippen LogP contribution is -2.47. The number of para-hydroxylation sites is 2. The lowest BCUT2D eigenvalue weighted by Gasteiger charge is -2.37. The van der Waals surface area contributed by atoms with Gasteiger partial charge in [0.2, 0.25) is 0 Å². The summed E-state index contributed by atoms with van der Waals surface area (Å²) >= 11 is 0. The standard InChI is InChI=1S/C24H26N2O5/c1-15-13-25(14-16(2)31-15)22-21(17-9-11-18(29-3)12-10-17)23(27)26(24(22)28)19-7-5-6-8-20(19)30-4/h5-12,15-16H,13-14H2,1-4H3. The Morgan fingerprint density at radius 3 is 2.13 bits per heavy atom. The van der Waals surface area contributed by atoms with Crippen molar-refractivity contribution in [2.45, 2.75) is 26.1 Å². The Morgan fingerprint density at radius 1 is 0.871 bits per heavy atom. The molecule has 2 aliphatic heterocycles. The highest BCUT2D eigenvalue weighted by molar-refractivity contribution is 6.45. The molecule has 2 aromatic rings. The maximum absolute atomic E-state index is 13.7. The van der Waals surface area contributed by atoms with Crippen molar-refractivity contribution in [2.24, 2.45) is 0 Å². The van der Waals surface area contributed by atoms with Gasteiger partial charge < -0.3 is 19.1 Å². The molecule has 7 heteroatoms. The number of carbonyl (C=O) groups is 2. The van der Waals surface area contributed by atoms with Crippen molar-refractivity contribution < 1.29 is 23.8 Å². The minimum Gasteiger partial charge on any atom is -0.497 e. The Balaban J connectivity index is 1.84. The molecule has 2 amide bonds. The van der Waals surface area contributed by atoms with E-state index >= 15 is 0 Å². The summed E-state index contributed by atoms with van der Waals surface area (Å²) in [5.74, 6) is 0.407. The zero-order chi connectivity index (χ0) is 22.1. The SMILES string of the molecule is COc1ccc(C2=C(N3CC(C)OC(C)C3)C(=O)N(c3ccccc3OC)C2=O)cc1. The average molecular weight is 422 g/mol. The Hall–Kier alpha value is -3.32. The van der Waals surface area contributed by atoms with Crippen LogP contribution in [0.5, 0.6) is 11.5 Å². The molecule has 0 bridgehead atoms. The molecule has 2 heterocycles. The van der Waals surface area contributed by atoms with E-state index in [0.29, 0.717) is 47.1 Å². The fourth-order valence-electron chi connectivity index (χ4n) is 4.22. The monoisotopic (exact) mass is 422 g/mol. The second kappa shape index (κ2) is 8.43. The van der Waals surface area contributed by atoms with Gasteiger partial charge in [-0.2, -0.15) is 0 Å². The molecule has 0 aromatic heterocycles. The van der Waals surface area contributed by atoms with Gasteiger partial charge in [0.25, 0.3) is 11.8 Å². The number of benzene rings is 2. The van der Waals surface area contributed by atoms with Crippen molar-refractivity contribution in [3.63, 3.8) is 0 Å². The van der Waals surface area contributed by atoms with Crippen molar-refractivity contribution in [3.05, 3.63) is 59.8 Å². The van der Waals surface area contributed by atoms with E-state index in [1.165, 1.54) is 12.0 Å². The predicted molar refractivity (Wildman–Crippen MR) is 117 cm³/mol. The molecule has 0 saturated carbocycles. The molecule has 2 atom stereocenters. The van der Waals surface area contributed by atoms with Gasteiger partial charge in [-0.05, 0) is 43.7 Å². The Bertz CT molecular complexity index is 1020. The largest absolute Gasteiger partial charge is 0.497 e. The lowest BCUT2D eigenvalue weighted by molar-refractivity contribution is -0.121. The number of imide groups is 1. The van der Waals surface area contributed by atoms with Crippen LogP contribution in [-0.4, -0.2) is 56.2 Å². The molecular formula is C24H26N2O5. The van der Waals surface area contributed by atoms with Gasteiger partial charge in [0.05, 0.1) is 37.7 Å². The summed E-state index contributed by atoms with van der Waals surface area (Å²) in [5.41, 5.74) is 1.86. The third kappa shape index (κ3) is 3.77. The van der Waals surface area contributed by atoms with Crippen LogP contribution in [-0.2, 0) is 14.3 Å². The second-order valence-electron chi connectivity index (χ2n) is 7.73. The molecule has 1 fully saturated rings. The smallest absolute Gasteiger partial charge is 0.282 e. The molecule has 2 aromatic carbocycles. The number of amides is 2. The van der Waals surface area contributed by atoms with E-state index in [0.717, 1.165) is 0 Å². The quantitative estimate of drug-likeness (QED) is 0.690. The number of nitrogens with zero attached hydrogens (tertiary/aromatic N) is 2. The van der Waals surface area contributed by atoms with E-state index in [2.05, 4.69) is 0 Å². The van der Waals surface area contributed by atoms with E-state index in [4.69, 9.17) is 14.2 Å². The molecule has 7 nitrogen and oxygen atoms in total. The van der Waals surface area contributed by atoms with Crippen molar-refractivity contribution in [2.75, 3.05) is 32.2 Å². The number of anilines is 1. The summed E-state index contributed by atoms with van der Waals surface area (Å²) in [6, 6.07) is 14.2. The zero-order valence-electron chi connectivity index (χ0n) is 18.1. The first-order chi connectivity index (χ1) is 14.9. The third-order valence-corrected chi connectivity index (χ3v) is 5.50. The highest BCUT2D eigenvalue weighted by atomic mass is 16.5. The van der Waals surface area contributed by atoms with Crippen LogP contribution in [0.2, 0.25) is 0 Å². The number of hydrogen-bond donors (Lipinski definition) is 0. The number of rotatable bonds is 5. The van der Waals surface area contributed by atoms with Gasteiger partial charge in [-0.3, -0.25) is 9.59 Å². The van der Waals surface area contributed by atoms with Crippen molar-refractivity contribution in [1.82, 2.24) is 4.90 Å². The Labute approximate surface area is 181 Å². The van der Waals surface area contributed by atoms with Gasteiger partial charge in [-0.25, -0.2) is 4.90 Å². The summed E-state index contributed by atoms with van der Waals surface area (Å²) in [5, 5.41) is 0. The van der Waals surface area contributed by atoms with Gasteiger partial charge in [0.1, 0.15) is 17.2 Å². The molecule has 0 N–H and O–H groups in total. The molecule has 31 heavy (non-hydrogen) atoms. The summed E-state index contributed by atoms with van der Waals surface area (Å²) < 4.78 is 16.5. The summed E-state index contributed by atoms with van der Waals surface area (Å²) in [6.45, 7) is 4.99. The minimum atomic E-state index is -0.374. The van der Waals surface area contributed by atoms with Gasteiger partial charge in [-0.1, -0.05) is 24.3 Å². The maximum Gasteiger partial charge on any atom is 0.282 e. The maximum atomic E-state index is 13.7. The lowest BCUT2D eigenvalue weighted by atomic mass is 10.0. The van der Waals surface area contributed by atoms with Crippen molar-refractivity contribution >= 4 is 23.1 Å². The van der Waals surface area contributed by atoms with Crippen LogP contribution in [0.25, 0.3) is 5.57 Å². The van der Waals surface area contributed by atoms with Crippen LogP contribution < -0.4 is 14.4 Å².